The van der Waals surface area contributed by atoms with Crippen LogP contribution < -0.4 is 5.32 Å². The summed E-state index contributed by atoms with van der Waals surface area (Å²) in [6.07, 6.45) is 1.64. The van der Waals surface area contributed by atoms with Gasteiger partial charge in [0.25, 0.3) is 0 Å². The maximum Gasteiger partial charge on any atom is 0.150 e. The molecule has 0 radical (unpaired) electrons. The van der Waals surface area contributed by atoms with E-state index in [9.17, 15) is 0 Å². The number of anilines is 2. The molecular weight excluding hydrogens is 246 g/mol. The maximum absolute atomic E-state index is 9.05. The molecule has 0 aliphatic rings. The highest BCUT2D eigenvalue weighted by atomic mass is 35.5. The lowest BCUT2D eigenvalue weighted by atomic mass is 10.1. The fourth-order valence-corrected chi connectivity index (χ4v) is 1.93. The quantitative estimate of drug-likeness (QED) is 0.886. The van der Waals surface area contributed by atoms with Crippen LogP contribution in [0.5, 0.6) is 0 Å². The second-order valence-corrected chi connectivity index (χ2v) is 4.41. The molecule has 0 unspecified atom stereocenters. The third-order valence-electron chi connectivity index (χ3n) is 2.72. The van der Waals surface area contributed by atoms with Gasteiger partial charge in [-0.2, -0.15) is 5.26 Å². The molecule has 2 aromatic rings. The molecule has 0 fully saturated rings. The minimum Gasteiger partial charge on any atom is -0.339 e. The molecule has 0 bridgehead atoms. The van der Waals surface area contributed by atoms with E-state index >= 15 is 0 Å². The SMILES string of the molecule is Cc1ccccc1Nc1ncc(C)c(C#N)c1Cl. The molecule has 1 aromatic carbocycles. The van der Waals surface area contributed by atoms with Crippen LogP contribution in [0, 0.1) is 25.2 Å². The van der Waals surface area contributed by atoms with E-state index in [1.807, 2.05) is 38.1 Å². The zero-order chi connectivity index (χ0) is 13.1. The summed E-state index contributed by atoms with van der Waals surface area (Å²) in [6.45, 7) is 3.81. The van der Waals surface area contributed by atoms with E-state index in [0.29, 0.717) is 16.4 Å². The average Bonchev–Trinajstić information content (AvgIpc) is 2.36. The van der Waals surface area contributed by atoms with E-state index in [1.165, 1.54) is 0 Å². The predicted octanol–water partition coefficient (Wildman–Crippen LogP) is 3.97. The van der Waals surface area contributed by atoms with Crippen LogP contribution in [0.4, 0.5) is 11.5 Å². The fourth-order valence-electron chi connectivity index (χ4n) is 1.64. The molecule has 0 amide bonds. The summed E-state index contributed by atoms with van der Waals surface area (Å²) in [5.74, 6) is 0.508. The second kappa shape index (κ2) is 5.07. The first-order chi connectivity index (χ1) is 8.63. The van der Waals surface area contributed by atoms with E-state index in [-0.39, 0.29) is 0 Å². The van der Waals surface area contributed by atoms with Crippen molar-refractivity contribution in [1.29, 1.82) is 5.26 Å². The monoisotopic (exact) mass is 257 g/mol. The van der Waals surface area contributed by atoms with Gasteiger partial charge >= 0.3 is 0 Å². The van der Waals surface area contributed by atoms with Crippen molar-refractivity contribution in [3.05, 3.63) is 52.2 Å². The molecule has 0 spiro atoms. The molecule has 1 heterocycles. The van der Waals surface area contributed by atoms with Gasteiger partial charge in [-0.05, 0) is 31.0 Å². The number of nitriles is 1. The Kier molecular flexibility index (Phi) is 3.50. The summed E-state index contributed by atoms with van der Waals surface area (Å²) in [5.41, 5.74) is 3.26. The van der Waals surface area contributed by atoms with Crippen LogP contribution >= 0.6 is 11.6 Å². The van der Waals surface area contributed by atoms with Gasteiger partial charge in [0.05, 0.1) is 5.56 Å². The lowest BCUT2D eigenvalue weighted by molar-refractivity contribution is 1.23. The van der Waals surface area contributed by atoms with Crippen molar-refractivity contribution in [2.24, 2.45) is 0 Å². The van der Waals surface area contributed by atoms with Crippen LogP contribution in [0.1, 0.15) is 16.7 Å². The number of benzene rings is 1. The highest BCUT2D eigenvalue weighted by molar-refractivity contribution is 6.34. The number of nitrogens with zero attached hydrogens (tertiary/aromatic N) is 2. The number of pyridine rings is 1. The van der Waals surface area contributed by atoms with Crippen molar-refractivity contribution in [3.8, 4) is 6.07 Å². The molecule has 0 saturated carbocycles. The van der Waals surface area contributed by atoms with Crippen molar-refractivity contribution in [3.63, 3.8) is 0 Å². The summed E-state index contributed by atoms with van der Waals surface area (Å²) < 4.78 is 0. The highest BCUT2D eigenvalue weighted by Crippen LogP contribution is 2.29. The minimum absolute atomic E-state index is 0.362. The van der Waals surface area contributed by atoms with Crippen LogP contribution in [-0.4, -0.2) is 4.98 Å². The molecule has 0 saturated heterocycles. The van der Waals surface area contributed by atoms with Gasteiger partial charge in [-0.15, -0.1) is 0 Å². The maximum atomic E-state index is 9.05. The topological polar surface area (TPSA) is 48.7 Å². The van der Waals surface area contributed by atoms with Crippen molar-refractivity contribution < 1.29 is 0 Å². The normalized spacial score (nSPS) is 9.89. The number of para-hydroxylation sites is 1. The fraction of sp³-hybridized carbons (Fsp3) is 0.143. The van der Waals surface area contributed by atoms with Crippen molar-refractivity contribution in [1.82, 2.24) is 4.98 Å². The lowest BCUT2D eigenvalue weighted by Crippen LogP contribution is -1.99. The Labute approximate surface area is 111 Å². The smallest absolute Gasteiger partial charge is 0.150 e. The van der Waals surface area contributed by atoms with E-state index in [4.69, 9.17) is 16.9 Å². The number of hydrogen-bond donors (Lipinski definition) is 1. The molecule has 0 atom stereocenters. The average molecular weight is 258 g/mol. The van der Waals surface area contributed by atoms with E-state index in [2.05, 4.69) is 16.4 Å². The van der Waals surface area contributed by atoms with Gasteiger partial charge in [0.15, 0.2) is 5.82 Å². The van der Waals surface area contributed by atoms with Gasteiger partial charge in [-0.3, -0.25) is 0 Å². The molecule has 2 rings (SSSR count). The zero-order valence-corrected chi connectivity index (χ0v) is 10.9. The third-order valence-corrected chi connectivity index (χ3v) is 3.09. The Balaban J connectivity index is 2.43. The molecule has 90 valence electrons. The first-order valence-electron chi connectivity index (χ1n) is 5.51. The predicted molar refractivity (Wildman–Crippen MR) is 73.2 cm³/mol. The van der Waals surface area contributed by atoms with Crippen LogP contribution in [0.25, 0.3) is 0 Å². The summed E-state index contributed by atoms with van der Waals surface area (Å²) in [4.78, 5) is 4.23. The minimum atomic E-state index is 0.362. The Bertz CT molecular complexity index is 629. The first kappa shape index (κ1) is 12.4. The molecule has 3 nitrogen and oxygen atoms in total. The van der Waals surface area contributed by atoms with E-state index < -0.39 is 0 Å². The summed E-state index contributed by atoms with van der Waals surface area (Å²) in [5, 5.41) is 12.6. The first-order valence-corrected chi connectivity index (χ1v) is 5.89. The zero-order valence-electron chi connectivity index (χ0n) is 10.2. The number of aromatic nitrogens is 1. The van der Waals surface area contributed by atoms with Gasteiger partial charge in [0.1, 0.15) is 11.1 Å². The molecule has 1 N–H and O–H groups in total. The van der Waals surface area contributed by atoms with E-state index in [0.717, 1.165) is 16.8 Å². The second-order valence-electron chi connectivity index (χ2n) is 4.03. The summed E-state index contributed by atoms with van der Waals surface area (Å²) in [6, 6.07) is 9.93. The van der Waals surface area contributed by atoms with Crippen LogP contribution in [0.2, 0.25) is 5.02 Å². The molecule has 18 heavy (non-hydrogen) atoms. The van der Waals surface area contributed by atoms with Gasteiger partial charge < -0.3 is 5.32 Å². The number of hydrogen-bond acceptors (Lipinski definition) is 3. The van der Waals surface area contributed by atoms with Gasteiger partial charge in [0.2, 0.25) is 0 Å². The van der Waals surface area contributed by atoms with Gasteiger partial charge in [0, 0.05) is 11.9 Å². The largest absolute Gasteiger partial charge is 0.339 e. The number of rotatable bonds is 2. The van der Waals surface area contributed by atoms with Gasteiger partial charge in [-0.1, -0.05) is 29.8 Å². The van der Waals surface area contributed by atoms with Gasteiger partial charge in [-0.25, -0.2) is 4.98 Å². The number of aryl methyl sites for hydroxylation is 2. The highest BCUT2D eigenvalue weighted by Gasteiger charge is 2.11. The van der Waals surface area contributed by atoms with Crippen LogP contribution in [0.15, 0.2) is 30.5 Å². The standard InChI is InChI=1S/C14H12ClN3/c1-9-5-3-4-6-12(9)18-14-13(15)11(7-16)10(2)8-17-14/h3-6,8H,1-2H3,(H,17,18). The molecule has 0 aliphatic carbocycles. The molecule has 1 aromatic heterocycles. The Morgan fingerprint density at radius 3 is 2.61 bits per heavy atom. The summed E-state index contributed by atoms with van der Waals surface area (Å²) >= 11 is 6.17. The number of halogens is 1. The van der Waals surface area contributed by atoms with E-state index in [1.54, 1.807) is 6.20 Å². The van der Waals surface area contributed by atoms with Crippen molar-refractivity contribution >= 4 is 23.1 Å². The van der Waals surface area contributed by atoms with Crippen molar-refractivity contribution in [2.45, 2.75) is 13.8 Å². The summed E-state index contributed by atoms with van der Waals surface area (Å²) in [7, 11) is 0. The third kappa shape index (κ3) is 2.29. The number of nitrogens with one attached hydrogen (secondary N) is 1. The lowest BCUT2D eigenvalue weighted by Gasteiger charge is -2.11. The molecule has 4 heteroatoms. The van der Waals surface area contributed by atoms with Crippen molar-refractivity contribution in [2.75, 3.05) is 5.32 Å². The van der Waals surface area contributed by atoms with Crippen LogP contribution in [0.3, 0.4) is 0 Å². The molecule has 0 aliphatic heterocycles. The Hall–Kier alpha value is -2.05. The molecular formula is C14H12ClN3. The van der Waals surface area contributed by atoms with Crippen LogP contribution in [-0.2, 0) is 0 Å². The Morgan fingerprint density at radius 2 is 1.94 bits per heavy atom. The Morgan fingerprint density at radius 1 is 1.22 bits per heavy atom.